The van der Waals surface area contributed by atoms with Gasteiger partial charge in [-0.15, -0.1) is 5.10 Å². The van der Waals surface area contributed by atoms with Gasteiger partial charge in [0.15, 0.2) is 0 Å². The second-order valence-electron chi connectivity index (χ2n) is 7.74. The number of carbonyl (C=O) groups excluding carboxylic acids is 1. The van der Waals surface area contributed by atoms with Crippen molar-refractivity contribution in [3.8, 4) is 0 Å². The van der Waals surface area contributed by atoms with E-state index in [4.69, 9.17) is 0 Å². The van der Waals surface area contributed by atoms with Crippen molar-refractivity contribution in [3.63, 3.8) is 0 Å². The van der Waals surface area contributed by atoms with Crippen LogP contribution in [-0.4, -0.2) is 40.8 Å². The number of amides is 1. The number of fused-ring (bicyclic) bond motifs is 1. The molecule has 148 valence electrons. The summed E-state index contributed by atoms with van der Waals surface area (Å²) >= 11 is 0. The molecule has 0 atom stereocenters. The highest BCUT2D eigenvalue weighted by molar-refractivity contribution is 5.93. The fourth-order valence-corrected chi connectivity index (χ4v) is 4.30. The van der Waals surface area contributed by atoms with Gasteiger partial charge in [-0.2, -0.15) is 0 Å². The monoisotopic (exact) mass is 383 g/mol. The smallest absolute Gasteiger partial charge is 0.225 e. The normalized spacial score (nSPS) is 16.4. The average molecular weight is 383 g/mol. The summed E-state index contributed by atoms with van der Waals surface area (Å²) in [7, 11) is 1.87. The SMILES string of the molecule is Cn1c(CO)nc2cc(NC(=O)CC3(Cn4cnnn4)CCCCC3)ccc21. The van der Waals surface area contributed by atoms with Crippen molar-refractivity contribution in [2.75, 3.05) is 5.32 Å². The van der Waals surface area contributed by atoms with Gasteiger partial charge in [-0.25, -0.2) is 9.67 Å². The Kier molecular flexibility index (Phi) is 5.08. The first-order valence-corrected chi connectivity index (χ1v) is 9.65. The molecular weight excluding hydrogens is 358 g/mol. The molecule has 1 aliphatic rings. The Labute approximate surface area is 162 Å². The molecule has 0 radical (unpaired) electrons. The first-order chi connectivity index (χ1) is 13.6. The second kappa shape index (κ2) is 7.67. The van der Waals surface area contributed by atoms with Crippen LogP contribution in [0.2, 0.25) is 0 Å². The van der Waals surface area contributed by atoms with Gasteiger partial charge in [0, 0.05) is 19.2 Å². The maximum atomic E-state index is 12.8. The molecule has 0 spiro atoms. The quantitative estimate of drug-likeness (QED) is 0.674. The van der Waals surface area contributed by atoms with Crippen LogP contribution in [-0.2, 0) is 25.0 Å². The second-order valence-corrected chi connectivity index (χ2v) is 7.74. The van der Waals surface area contributed by atoms with E-state index in [-0.39, 0.29) is 17.9 Å². The van der Waals surface area contributed by atoms with Crippen molar-refractivity contribution < 1.29 is 9.90 Å². The van der Waals surface area contributed by atoms with Crippen molar-refractivity contribution in [3.05, 3.63) is 30.4 Å². The van der Waals surface area contributed by atoms with E-state index < -0.39 is 0 Å². The van der Waals surface area contributed by atoms with Crippen molar-refractivity contribution in [2.45, 2.75) is 51.7 Å². The predicted molar refractivity (Wildman–Crippen MR) is 103 cm³/mol. The molecule has 2 heterocycles. The van der Waals surface area contributed by atoms with Crippen molar-refractivity contribution >= 4 is 22.6 Å². The van der Waals surface area contributed by atoms with E-state index in [1.165, 1.54) is 6.42 Å². The molecule has 1 amide bonds. The van der Waals surface area contributed by atoms with Gasteiger partial charge in [0.2, 0.25) is 5.91 Å². The molecule has 1 saturated carbocycles. The lowest BCUT2D eigenvalue weighted by Gasteiger charge is -2.36. The number of aliphatic hydroxyl groups excluding tert-OH is 1. The van der Waals surface area contributed by atoms with Gasteiger partial charge in [0.1, 0.15) is 18.8 Å². The topological polar surface area (TPSA) is 111 Å². The Balaban J connectivity index is 1.49. The third-order valence-corrected chi connectivity index (χ3v) is 5.74. The van der Waals surface area contributed by atoms with Crippen LogP contribution >= 0.6 is 0 Å². The molecule has 1 aromatic carbocycles. The summed E-state index contributed by atoms with van der Waals surface area (Å²) < 4.78 is 3.58. The van der Waals surface area contributed by atoms with Gasteiger partial charge >= 0.3 is 0 Å². The number of nitrogens with one attached hydrogen (secondary N) is 1. The maximum absolute atomic E-state index is 12.8. The van der Waals surface area contributed by atoms with E-state index in [1.54, 1.807) is 11.0 Å². The number of rotatable bonds is 6. The zero-order chi connectivity index (χ0) is 19.6. The molecule has 0 unspecified atom stereocenters. The number of imidazole rings is 1. The van der Waals surface area contributed by atoms with Crippen molar-refractivity contribution in [1.82, 2.24) is 29.8 Å². The number of nitrogens with zero attached hydrogens (tertiary/aromatic N) is 6. The van der Waals surface area contributed by atoms with Crippen molar-refractivity contribution in [2.24, 2.45) is 12.5 Å². The first kappa shape index (κ1) is 18.5. The largest absolute Gasteiger partial charge is 0.388 e. The van der Waals surface area contributed by atoms with Crippen LogP contribution in [0.3, 0.4) is 0 Å². The molecule has 9 nitrogen and oxygen atoms in total. The molecule has 0 bridgehead atoms. The fraction of sp³-hybridized carbons (Fsp3) is 0.526. The van der Waals surface area contributed by atoms with E-state index in [1.807, 2.05) is 29.8 Å². The fourth-order valence-electron chi connectivity index (χ4n) is 4.30. The molecular formula is C19H25N7O2. The van der Waals surface area contributed by atoms with Gasteiger partial charge in [-0.1, -0.05) is 19.3 Å². The van der Waals surface area contributed by atoms with E-state index >= 15 is 0 Å². The Bertz CT molecular complexity index is 958. The van der Waals surface area contributed by atoms with Gasteiger partial charge in [-0.3, -0.25) is 4.79 Å². The Morgan fingerprint density at radius 2 is 2.11 bits per heavy atom. The van der Waals surface area contributed by atoms with Gasteiger partial charge in [-0.05, 0) is 46.9 Å². The summed E-state index contributed by atoms with van der Waals surface area (Å²) in [4.78, 5) is 17.3. The lowest BCUT2D eigenvalue weighted by atomic mass is 9.71. The van der Waals surface area contributed by atoms with Crippen LogP contribution in [0, 0.1) is 5.41 Å². The zero-order valence-corrected chi connectivity index (χ0v) is 16.0. The highest BCUT2D eigenvalue weighted by atomic mass is 16.3. The molecule has 0 saturated heterocycles. The number of hydrogen-bond donors (Lipinski definition) is 2. The highest BCUT2D eigenvalue weighted by Crippen LogP contribution is 2.41. The van der Waals surface area contributed by atoms with Crippen molar-refractivity contribution in [1.29, 1.82) is 0 Å². The number of hydrogen-bond acceptors (Lipinski definition) is 6. The Morgan fingerprint density at radius 1 is 1.29 bits per heavy atom. The summed E-state index contributed by atoms with van der Waals surface area (Å²) in [5, 5.41) is 23.8. The Morgan fingerprint density at radius 3 is 2.82 bits per heavy atom. The third kappa shape index (κ3) is 3.75. The van der Waals surface area contributed by atoms with Crippen LogP contribution < -0.4 is 5.32 Å². The predicted octanol–water partition coefficient (Wildman–Crippen LogP) is 2.03. The van der Waals surface area contributed by atoms with Crippen LogP contribution in [0.4, 0.5) is 5.69 Å². The molecule has 1 fully saturated rings. The minimum absolute atomic E-state index is 0.00682. The molecule has 1 aliphatic carbocycles. The molecule has 28 heavy (non-hydrogen) atoms. The Hall–Kier alpha value is -2.81. The summed E-state index contributed by atoms with van der Waals surface area (Å²) in [6, 6.07) is 5.63. The zero-order valence-electron chi connectivity index (χ0n) is 16.0. The number of aryl methyl sites for hydroxylation is 1. The minimum atomic E-state index is -0.119. The molecule has 2 N–H and O–H groups in total. The summed E-state index contributed by atoms with van der Waals surface area (Å²) in [5.74, 6) is 0.591. The summed E-state index contributed by atoms with van der Waals surface area (Å²) in [5.41, 5.74) is 2.28. The number of carbonyl (C=O) groups is 1. The molecule has 3 aromatic rings. The maximum Gasteiger partial charge on any atom is 0.225 e. The van der Waals surface area contributed by atoms with E-state index in [9.17, 15) is 9.90 Å². The van der Waals surface area contributed by atoms with Crippen LogP contribution in [0.25, 0.3) is 11.0 Å². The number of aromatic nitrogens is 6. The minimum Gasteiger partial charge on any atom is -0.388 e. The third-order valence-electron chi connectivity index (χ3n) is 5.74. The van der Waals surface area contributed by atoms with Gasteiger partial charge in [0.25, 0.3) is 0 Å². The van der Waals surface area contributed by atoms with E-state index in [0.717, 1.165) is 36.7 Å². The first-order valence-electron chi connectivity index (χ1n) is 9.65. The van der Waals surface area contributed by atoms with Gasteiger partial charge < -0.3 is 15.0 Å². The van der Waals surface area contributed by atoms with Gasteiger partial charge in [0.05, 0.1) is 17.6 Å². The van der Waals surface area contributed by atoms with Crippen LogP contribution in [0.1, 0.15) is 44.3 Å². The van der Waals surface area contributed by atoms with E-state index in [2.05, 4.69) is 25.8 Å². The lowest BCUT2D eigenvalue weighted by molar-refractivity contribution is -0.119. The number of anilines is 1. The summed E-state index contributed by atoms with van der Waals surface area (Å²) in [6.45, 7) is 0.541. The molecule has 2 aromatic heterocycles. The average Bonchev–Trinajstić information content (AvgIpc) is 3.29. The number of tetrazole rings is 1. The molecule has 4 rings (SSSR count). The standard InChI is InChI=1S/C19H25N7O2/c1-25-16-6-5-14(9-15(16)22-17(25)11-27)21-18(28)10-19(7-3-2-4-8-19)12-26-13-20-23-24-26/h5-6,9,13,27H,2-4,7-8,10-12H2,1H3,(H,21,28). The van der Waals surface area contributed by atoms with E-state index in [0.29, 0.717) is 24.5 Å². The number of benzene rings is 1. The van der Waals surface area contributed by atoms with Crippen LogP contribution in [0.5, 0.6) is 0 Å². The molecule has 9 heteroatoms. The highest BCUT2D eigenvalue weighted by Gasteiger charge is 2.35. The summed E-state index contributed by atoms with van der Waals surface area (Å²) in [6.07, 6.45) is 7.51. The molecule has 0 aliphatic heterocycles. The lowest BCUT2D eigenvalue weighted by Crippen LogP contribution is -2.34. The number of aliphatic hydroxyl groups is 1. The van der Waals surface area contributed by atoms with Crippen LogP contribution in [0.15, 0.2) is 24.5 Å².